The number of nitrogens with one attached hydrogen (secondary N) is 1. The minimum atomic E-state index is -0.190. The van der Waals surface area contributed by atoms with Crippen molar-refractivity contribution in [2.24, 2.45) is 0 Å². The Morgan fingerprint density at radius 1 is 1.18 bits per heavy atom. The zero-order chi connectivity index (χ0) is 19.9. The molecule has 1 aliphatic rings. The summed E-state index contributed by atoms with van der Waals surface area (Å²) in [4.78, 5) is 34.9. The number of amides is 3. The topological polar surface area (TPSA) is 68.8 Å². The highest BCUT2D eigenvalue weighted by molar-refractivity contribution is 6.01. The van der Waals surface area contributed by atoms with Crippen molar-refractivity contribution in [3.05, 3.63) is 54.4 Å². The predicted molar refractivity (Wildman–Crippen MR) is 110 cm³/mol. The maximum absolute atomic E-state index is 13.1. The lowest BCUT2D eigenvalue weighted by molar-refractivity contribution is -0.117. The van der Waals surface area contributed by atoms with Crippen LogP contribution < -0.4 is 10.2 Å². The molecule has 7 nitrogen and oxygen atoms in total. The lowest BCUT2D eigenvalue weighted by Gasteiger charge is -2.26. The van der Waals surface area contributed by atoms with Crippen LogP contribution in [-0.2, 0) is 11.3 Å². The summed E-state index contributed by atoms with van der Waals surface area (Å²) in [6, 6.07) is 11.1. The predicted octanol–water partition coefficient (Wildman–Crippen LogP) is 2.80. The van der Waals surface area contributed by atoms with Gasteiger partial charge in [-0.05, 0) is 44.3 Å². The minimum absolute atomic E-state index is 0.0986. The van der Waals surface area contributed by atoms with E-state index in [1.54, 1.807) is 22.2 Å². The summed E-state index contributed by atoms with van der Waals surface area (Å²) in [7, 11) is 3.96. The average molecular weight is 381 g/mol. The summed E-state index contributed by atoms with van der Waals surface area (Å²) >= 11 is 0. The van der Waals surface area contributed by atoms with Crippen LogP contribution in [0.2, 0.25) is 0 Å². The first kappa shape index (κ1) is 19.8. The van der Waals surface area contributed by atoms with Crippen molar-refractivity contribution >= 4 is 23.3 Å². The van der Waals surface area contributed by atoms with Gasteiger partial charge >= 0.3 is 6.03 Å². The number of rotatable bonds is 7. The van der Waals surface area contributed by atoms with Gasteiger partial charge in [-0.15, -0.1) is 0 Å². The van der Waals surface area contributed by atoms with Crippen LogP contribution in [0.4, 0.5) is 16.2 Å². The lowest BCUT2D eigenvalue weighted by Crippen LogP contribution is -2.39. The van der Waals surface area contributed by atoms with Crippen molar-refractivity contribution in [2.75, 3.05) is 43.9 Å². The highest BCUT2D eigenvalue weighted by Gasteiger charge is 2.25. The Morgan fingerprint density at radius 3 is 2.68 bits per heavy atom. The number of aromatic nitrogens is 1. The molecular formula is C21H27N5O2. The number of carbonyl (C=O) groups is 2. The van der Waals surface area contributed by atoms with E-state index in [0.717, 1.165) is 24.2 Å². The van der Waals surface area contributed by atoms with E-state index in [1.165, 1.54) is 0 Å². The molecule has 3 rings (SSSR count). The molecule has 1 saturated heterocycles. The maximum Gasteiger partial charge on any atom is 0.322 e. The molecule has 1 aromatic heterocycles. The third kappa shape index (κ3) is 5.07. The quantitative estimate of drug-likeness (QED) is 0.801. The number of nitrogens with zero attached hydrogens (tertiary/aromatic N) is 4. The molecule has 0 atom stereocenters. The fraction of sp³-hybridized carbons (Fsp3) is 0.381. The van der Waals surface area contributed by atoms with Gasteiger partial charge in [0.05, 0.1) is 11.4 Å². The van der Waals surface area contributed by atoms with Crippen molar-refractivity contribution in [1.82, 2.24) is 14.8 Å². The van der Waals surface area contributed by atoms with Crippen molar-refractivity contribution in [2.45, 2.75) is 19.4 Å². The third-order valence-electron chi connectivity index (χ3n) is 4.71. The number of hydrogen-bond donors (Lipinski definition) is 1. The minimum Gasteiger partial charge on any atom is -0.319 e. The Kier molecular flexibility index (Phi) is 6.60. The van der Waals surface area contributed by atoms with Gasteiger partial charge < -0.3 is 20.0 Å². The van der Waals surface area contributed by atoms with E-state index >= 15 is 0 Å². The SMILES string of the molecule is CN(C)CCN(Cc1cccnc1)C(=O)Nc1ccccc1N1CCCC1=O. The summed E-state index contributed by atoms with van der Waals surface area (Å²) in [5.41, 5.74) is 2.38. The fourth-order valence-electron chi connectivity index (χ4n) is 3.20. The Bertz CT molecular complexity index is 809. The molecule has 28 heavy (non-hydrogen) atoms. The number of hydrogen-bond acceptors (Lipinski definition) is 4. The second-order valence-corrected chi connectivity index (χ2v) is 7.18. The molecule has 0 aliphatic carbocycles. The highest BCUT2D eigenvalue weighted by atomic mass is 16.2. The molecule has 1 fully saturated rings. The molecule has 0 saturated carbocycles. The van der Waals surface area contributed by atoms with Gasteiger partial charge in [0.2, 0.25) is 5.91 Å². The number of anilines is 2. The van der Waals surface area contributed by atoms with Crippen LogP contribution in [0.25, 0.3) is 0 Å². The van der Waals surface area contributed by atoms with Gasteiger partial charge in [-0.3, -0.25) is 9.78 Å². The zero-order valence-corrected chi connectivity index (χ0v) is 16.5. The van der Waals surface area contributed by atoms with Gasteiger partial charge in [0.25, 0.3) is 0 Å². The van der Waals surface area contributed by atoms with Crippen molar-refractivity contribution in [3.8, 4) is 0 Å². The summed E-state index contributed by atoms with van der Waals surface area (Å²) in [6.45, 7) is 2.49. The van der Waals surface area contributed by atoms with Crippen LogP contribution in [0, 0.1) is 0 Å². The van der Waals surface area contributed by atoms with E-state index in [2.05, 4.69) is 10.3 Å². The van der Waals surface area contributed by atoms with Gasteiger partial charge in [-0.1, -0.05) is 18.2 Å². The lowest BCUT2D eigenvalue weighted by atomic mass is 10.2. The van der Waals surface area contributed by atoms with Crippen molar-refractivity contribution in [1.29, 1.82) is 0 Å². The molecule has 0 spiro atoms. The van der Waals surface area contributed by atoms with Crippen LogP contribution in [0.5, 0.6) is 0 Å². The number of likely N-dealkylation sites (N-methyl/N-ethyl adjacent to an activating group) is 1. The Morgan fingerprint density at radius 2 is 2.00 bits per heavy atom. The number of carbonyl (C=O) groups excluding carboxylic acids is 2. The largest absolute Gasteiger partial charge is 0.322 e. The van der Waals surface area contributed by atoms with E-state index < -0.39 is 0 Å². The molecule has 0 unspecified atom stereocenters. The first-order chi connectivity index (χ1) is 13.5. The van der Waals surface area contributed by atoms with Gasteiger partial charge in [0.1, 0.15) is 0 Å². The van der Waals surface area contributed by atoms with Gasteiger partial charge in [-0.25, -0.2) is 4.79 Å². The van der Waals surface area contributed by atoms with E-state index in [-0.39, 0.29) is 11.9 Å². The highest BCUT2D eigenvalue weighted by Crippen LogP contribution is 2.29. The first-order valence-electron chi connectivity index (χ1n) is 9.53. The van der Waals surface area contributed by atoms with Crippen LogP contribution >= 0.6 is 0 Å². The van der Waals surface area contributed by atoms with Crippen LogP contribution in [0.3, 0.4) is 0 Å². The van der Waals surface area contributed by atoms with Gasteiger partial charge in [-0.2, -0.15) is 0 Å². The van der Waals surface area contributed by atoms with E-state index in [1.807, 2.05) is 55.4 Å². The molecule has 0 radical (unpaired) electrons. The summed E-state index contributed by atoms with van der Waals surface area (Å²) in [5.74, 6) is 0.0986. The summed E-state index contributed by atoms with van der Waals surface area (Å²) in [6.07, 6.45) is 4.89. The molecule has 0 bridgehead atoms. The molecule has 3 amide bonds. The maximum atomic E-state index is 13.1. The van der Waals surface area contributed by atoms with Crippen LogP contribution in [0.15, 0.2) is 48.8 Å². The molecule has 2 heterocycles. The fourth-order valence-corrected chi connectivity index (χ4v) is 3.20. The second kappa shape index (κ2) is 9.32. The smallest absolute Gasteiger partial charge is 0.319 e. The van der Waals surface area contributed by atoms with Crippen molar-refractivity contribution in [3.63, 3.8) is 0 Å². The molecule has 7 heteroatoms. The summed E-state index contributed by atoms with van der Waals surface area (Å²) in [5, 5.41) is 3.01. The van der Waals surface area contributed by atoms with Crippen LogP contribution in [-0.4, -0.2) is 60.5 Å². The van der Waals surface area contributed by atoms with Gasteiger partial charge in [0.15, 0.2) is 0 Å². The Balaban J connectivity index is 1.77. The molecule has 1 N–H and O–H groups in total. The monoisotopic (exact) mass is 381 g/mol. The van der Waals surface area contributed by atoms with E-state index in [9.17, 15) is 9.59 Å². The second-order valence-electron chi connectivity index (χ2n) is 7.18. The normalized spacial score (nSPS) is 13.8. The molecular weight excluding hydrogens is 354 g/mol. The number of benzene rings is 1. The summed E-state index contributed by atoms with van der Waals surface area (Å²) < 4.78 is 0. The van der Waals surface area contributed by atoms with E-state index in [4.69, 9.17) is 0 Å². The standard InChI is InChI=1S/C21H27N5O2/c1-24(2)13-14-25(16-17-7-5-11-22-15-17)21(28)23-18-8-3-4-9-19(18)26-12-6-10-20(26)27/h3-5,7-9,11,15H,6,10,12-14,16H2,1-2H3,(H,23,28). The number of para-hydroxylation sites is 2. The zero-order valence-electron chi connectivity index (χ0n) is 16.5. The first-order valence-corrected chi connectivity index (χ1v) is 9.53. The Hall–Kier alpha value is -2.93. The molecule has 2 aromatic rings. The van der Waals surface area contributed by atoms with Crippen molar-refractivity contribution < 1.29 is 9.59 Å². The average Bonchev–Trinajstić information content (AvgIpc) is 3.12. The van der Waals surface area contributed by atoms with Crippen LogP contribution in [0.1, 0.15) is 18.4 Å². The third-order valence-corrected chi connectivity index (χ3v) is 4.71. The number of urea groups is 1. The van der Waals surface area contributed by atoms with Gasteiger partial charge in [0, 0.05) is 45.0 Å². The molecule has 148 valence electrons. The van der Waals surface area contributed by atoms with E-state index in [0.29, 0.717) is 31.7 Å². The molecule has 1 aliphatic heterocycles. The molecule has 1 aromatic carbocycles. The number of pyridine rings is 1. The Labute approximate surface area is 166 Å².